The second kappa shape index (κ2) is 9.47. The summed E-state index contributed by atoms with van der Waals surface area (Å²) < 4.78 is 7.82. The smallest absolute Gasteiger partial charge is 0.236 e. The Morgan fingerprint density at radius 3 is 2.90 bits per heavy atom. The number of thioether (sulfide) groups is 1. The molecule has 1 atom stereocenters. The molecule has 1 N–H and O–H groups in total. The van der Waals surface area contributed by atoms with Crippen LogP contribution in [-0.2, 0) is 22.5 Å². The molecular formula is C19H22N6O2S2. The van der Waals surface area contributed by atoms with Crippen molar-refractivity contribution >= 4 is 34.1 Å². The first kappa shape index (κ1) is 20.0. The molecule has 2 aromatic heterocycles. The van der Waals surface area contributed by atoms with Crippen LogP contribution < -0.4 is 5.32 Å². The highest BCUT2D eigenvalue weighted by atomic mass is 32.2. The molecular weight excluding hydrogens is 408 g/mol. The maximum absolute atomic E-state index is 12.4. The van der Waals surface area contributed by atoms with Crippen LogP contribution in [0.4, 0.5) is 5.13 Å². The largest absolute Gasteiger partial charge is 0.376 e. The minimum atomic E-state index is -0.143. The van der Waals surface area contributed by atoms with Crippen molar-refractivity contribution in [3.05, 3.63) is 36.2 Å². The van der Waals surface area contributed by atoms with E-state index in [4.69, 9.17) is 4.74 Å². The van der Waals surface area contributed by atoms with Crippen molar-refractivity contribution in [2.24, 2.45) is 0 Å². The molecule has 0 radical (unpaired) electrons. The van der Waals surface area contributed by atoms with Gasteiger partial charge in [-0.15, -0.1) is 20.4 Å². The second-order valence-corrected chi connectivity index (χ2v) is 8.53. The standard InChI is InChI=1S/C19H22N6O2S2/c1-2-15-21-24-19(25(15)11-14-9-6-10-27-14)28-12-16(26)20-18-23-22-17(29-18)13-7-4-3-5-8-13/h3-5,7-8,14H,2,6,9-12H2,1H3,(H,20,23,26). The maximum atomic E-state index is 12.4. The molecule has 4 rings (SSSR count). The fraction of sp³-hybridized carbons (Fsp3) is 0.421. The van der Waals surface area contributed by atoms with E-state index in [0.717, 1.165) is 54.0 Å². The van der Waals surface area contributed by atoms with Gasteiger partial charge in [-0.05, 0) is 12.8 Å². The van der Waals surface area contributed by atoms with E-state index < -0.39 is 0 Å². The van der Waals surface area contributed by atoms with Crippen LogP contribution in [-0.4, -0.2) is 49.3 Å². The molecule has 0 aliphatic carbocycles. The first-order chi connectivity index (χ1) is 14.2. The number of carbonyl (C=O) groups excluding carboxylic acids is 1. The lowest BCUT2D eigenvalue weighted by Crippen LogP contribution is -2.19. The summed E-state index contributed by atoms with van der Waals surface area (Å²) in [6.45, 7) is 3.60. The molecule has 0 saturated carbocycles. The number of hydrogen-bond acceptors (Lipinski definition) is 8. The predicted molar refractivity (Wildman–Crippen MR) is 113 cm³/mol. The quantitative estimate of drug-likeness (QED) is 0.548. The number of benzene rings is 1. The van der Waals surface area contributed by atoms with Crippen LogP contribution in [0.1, 0.15) is 25.6 Å². The monoisotopic (exact) mass is 430 g/mol. The van der Waals surface area contributed by atoms with E-state index in [1.165, 1.54) is 23.1 Å². The molecule has 1 saturated heterocycles. The maximum Gasteiger partial charge on any atom is 0.236 e. The number of amides is 1. The third-order valence-electron chi connectivity index (χ3n) is 4.54. The Bertz CT molecular complexity index is 953. The fourth-order valence-electron chi connectivity index (χ4n) is 3.12. The number of aryl methyl sites for hydroxylation is 1. The van der Waals surface area contributed by atoms with Gasteiger partial charge in [0.25, 0.3) is 0 Å². The van der Waals surface area contributed by atoms with E-state index in [1.54, 1.807) is 0 Å². The Hall–Kier alpha value is -2.30. The third kappa shape index (κ3) is 5.01. The Morgan fingerprint density at radius 1 is 1.28 bits per heavy atom. The second-order valence-electron chi connectivity index (χ2n) is 6.61. The van der Waals surface area contributed by atoms with Crippen molar-refractivity contribution in [2.45, 2.75) is 44.0 Å². The number of anilines is 1. The number of hydrogen-bond donors (Lipinski definition) is 1. The minimum Gasteiger partial charge on any atom is -0.376 e. The summed E-state index contributed by atoms with van der Waals surface area (Å²) in [5.41, 5.74) is 0.981. The van der Waals surface area contributed by atoms with Crippen LogP contribution >= 0.6 is 23.1 Å². The van der Waals surface area contributed by atoms with Crippen LogP contribution in [0.2, 0.25) is 0 Å². The number of ether oxygens (including phenoxy) is 1. The number of carbonyl (C=O) groups is 1. The van der Waals surface area contributed by atoms with E-state index >= 15 is 0 Å². The van der Waals surface area contributed by atoms with Crippen molar-refractivity contribution in [1.29, 1.82) is 0 Å². The molecule has 1 aliphatic heterocycles. The van der Waals surface area contributed by atoms with E-state index in [0.29, 0.717) is 5.13 Å². The van der Waals surface area contributed by atoms with Gasteiger partial charge in [0.05, 0.1) is 18.4 Å². The van der Waals surface area contributed by atoms with E-state index in [9.17, 15) is 4.79 Å². The predicted octanol–water partition coefficient (Wildman–Crippen LogP) is 3.27. The highest BCUT2D eigenvalue weighted by molar-refractivity contribution is 7.99. The zero-order chi connectivity index (χ0) is 20.1. The summed E-state index contributed by atoms with van der Waals surface area (Å²) >= 11 is 2.73. The average Bonchev–Trinajstić information content (AvgIpc) is 3.49. The zero-order valence-corrected chi connectivity index (χ0v) is 17.7. The van der Waals surface area contributed by atoms with Crippen molar-refractivity contribution in [3.8, 4) is 10.6 Å². The summed E-state index contributed by atoms with van der Waals surface area (Å²) in [6, 6.07) is 9.78. The molecule has 152 valence electrons. The van der Waals surface area contributed by atoms with Gasteiger partial charge in [-0.1, -0.05) is 60.4 Å². The van der Waals surface area contributed by atoms with Gasteiger partial charge < -0.3 is 9.30 Å². The molecule has 29 heavy (non-hydrogen) atoms. The Labute approximate surface area is 177 Å². The van der Waals surface area contributed by atoms with Crippen LogP contribution in [0, 0.1) is 0 Å². The van der Waals surface area contributed by atoms with Gasteiger partial charge in [0.2, 0.25) is 11.0 Å². The Kier molecular flexibility index (Phi) is 6.53. The number of nitrogens with zero attached hydrogens (tertiary/aromatic N) is 5. The lowest BCUT2D eigenvalue weighted by atomic mass is 10.2. The van der Waals surface area contributed by atoms with Crippen molar-refractivity contribution in [3.63, 3.8) is 0 Å². The van der Waals surface area contributed by atoms with Gasteiger partial charge in [-0.3, -0.25) is 10.1 Å². The molecule has 8 nitrogen and oxygen atoms in total. The van der Waals surface area contributed by atoms with Gasteiger partial charge >= 0.3 is 0 Å². The van der Waals surface area contributed by atoms with E-state index in [2.05, 4.69) is 37.2 Å². The molecule has 1 amide bonds. The average molecular weight is 431 g/mol. The summed E-state index contributed by atoms with van der Waals surface area (Å²) in [4.78, 5) is 12.4. The van der Waals surface area contributed by atoms with Crippen LogP contribution in [0.25, 0.3) is 10.6 Å². The summed E-state index contributed by atoms with van der Waals surface area (Å²) in [5.74, 6) is 1.00. The minimum absolute atomic E-state index is 0.143. The van der Waals surface area contributed by atoms with Gasteiger partial charge in [-0.25, -0.2) is 0 Å². The van der Waals surface area contributed by atoms with Crippen LogP contribution in [0.3, 0.4) is 0 Å². The van der Waals surface area contributed by atoms with E-state index in [-0.39, 0.29) is 17.8 Å². The van der Waals surface area contributed by atoms with Gasteiger partial charge in [0.1, 0.15) is 10.8 Å². The third-order valence-corrected chi connectivity index (χ3v) is 6.40. The number of rotatable bonds is 8. The first-order valence-electron chi connectivity index (χ1n) is 9.58. The highest BCUT2D eigenvalue weighted by Crippen LogP contribution is 2.26. The van der Waals surface area contributed by atoms with Gasteiger partial charge in [0.15, 0.2) is 5.16 Å². The molecule has 1 aromatic carbocycles. The Balaban J connectivity index is 1.35. The summed E-state index contributed by atoms with van der Waals surface area (Å²) in [5, 5.41) is 21.6. The number of nitrogens with one attached hydrogen (secondary N) is 1. The van der Waals surface area contributed by atoms with Crippen LogP contribution in [0.15, 0.2) is 35.5 Å². The SMILES string of the molecule is CCc1nnc(SCC(=O)Nc2nnc(-c3ccccc3)s2)n1CC1CCCO1. The number of aromatic nitrogens is 5. The lowest BCUT2D eigenvalue weighted by Gasteiger charge is -2.13. The first-order valence-corrected chi connectivity index (χ1v) is 11.4. The van der Waals surface area contributed by atoms with Gasteiger partial charge in [0, 0.05) is 18.6 Å². The fourth-order valence-corrected chi connectivity index (χ4v) is 4.65. The van der Waals surface area contributed by atoms with Crippen molar-refractivity contribution in [2.75, 3.05) is 17.7 Å². The molecule has 3 aromatic rings. The molecule has 1 fully saturated rings. The molecule has 3 heterocycles. The highest BCUT2D eigenvalue weighted by Gasteiger charge is 2.21. The molecule has 0 bridgehead atoms. The normalized spacial score (nSPS) is 16.2. The zero-order valence-electron chi connectivity index (χ0n) is 16.1. The summed E-state index contributed by atoms with van der Waals surface area (Å²) in [6.07, 6.45) is 3.13. The molecule has 10 heteroatoms. The molecule has 0 spiro atoms. The topological polar surface area (TPSA) is 94.8 Å². The van der Waals surface area contributed by atoms with Crippen LogP contribution in [0.5, 0.6) is 0 Å². The van der Waals surface area contributed by atoms with Crippen molar-refractivity contribution < 1.29 is 9.53 Å². The van der Waals surface area contributed by atoms with E-state index in [1.807, 2.05) is 30.3 Å². The van der Waals surface area contributed by atoms with Gasteiger partial charge in [-0.2, -0.15) is 0 Å². The molecule has 1 aliphatic rings. The van der Waals surface area contributed by atoms with Crippen molar-refractivity contribution in [1.82, 2.24) is 25.0 Å². The molecule has 1 unspecified atom stereocenters. The lowest BCUT2D eigenvalue weighted by molar-refractivity contribution is -0.113. The Morgan fingerprint density at radius 2 is 2.14 bits per heavy atom. The summed E-state index contributed by atoms with van der Waals surface area (Å²) in [7, 11) is 0.